The molecule has 19 heavy (non-hydrogen) atoms. The van der Waals surface area contributed by atoms with Crippen molar-refractivity contribution < 1.29 is 4.79 Å². The summed E-state index contributed by atoms with van der Waals surface area (Å²) in [4.78, 5) is 12.2. The normalized spacial score (nSPS) is 11.4. The van der Waals surface area contributed by atoms with Crippen molar-refractivity contribution in [2.24, 2.45) is 0 Å². The molecule has 4 nitrogen and oxygen atoms in total. The molecule has 0 radical (unpaired) electrons. The molecule has 1 unspecified atom stereocenters. The van der Waals surface area contributed by atoms with E-state index in [2.05, 4.69) is 23.6 Å². The Hall–Kier alpha value is -2.02. The minimum atomic E-state index is -0.124. The lowest BCUT2D eigenvalue weighted by Crippen LogP contribution is -2.34. The second-order valence-corrected chi connectivity index (χ2v) is 4.41. The molecule has 0 fully saturated rings. The summed E-state index contributed by atoms with van der Waals surface area (Å²) in [6.07, 6.45) is 2.10. The van der Waals surface area contributed by atoms with Crippen molar-refractivity contribution in [3.8, 4) is 6.07 Å². The van der Waals surface area contributed by atoms with E-state index in [1.807, 2.05) is 25.1 Å². The molecule has 1 rings (SSSR count). The molecular weight excluding hydrogens is 238 g/mol. The van der Waals surface area contributed by atoms with Crippen molar-refractivity contribution in [1.82, 2.24) is 5.32 Å². The van der Waals surface area contributed by atoms with E-state index in [1.54, 1.807) is 6.07 Å². The van der Waals surface area contributed by atoms with Crippen LogP contribution in [0.5, 0.6) is 0 Å². The summed E-state index contributed by atoms with van der Waals surface area (Å²) in [5.41, 5.74) is 1.47. The third-order valence-corrected chi connectivity index (χ3v) is 2.90. The molecule has 0 aliphatic carbocycles. The molecule has 1 atom stereocenters. The highest BCUT2D eigenvalue weighted by Crippen LogP contribution is 2.15. The molecule has 1 amide bonds. The molecule has 102 valence electrons. The van der Waals surface area contributed by atoms with Gasteiger partial charge in [-0.25, -0.2) is 0 Å². The van der Waals surface area contributed by atoms with Crippen LogP contribution in [-0.2, 0) is 0 Å². The summed E-state index contributed by atoms with van der Waals surface area (Å²) in [7, 11) is 0. The zero-order chi connectivity index (χ0) is 14.1. The molecule has 1 aromatic rings. The van der Waals surface area contributed by atoms with Crippen LogP contribution in [0, 0.1) is 11.3 Å². The monoisotopic (exact) mass is 259 g/mol. The molecular formula is C15H21N3O. The van der Waals surface area contributed by atoms with Gasteiger partial charge < -0.3 is 10.6 Å². The Balaban J connectivity index is 2.78. The van der Waals surface area contributed by atoms with Crippen molar-refractivity contribution in [3.63, 3.8) is 0 Å². The molecule has 0 aliphatic heterocycles. The summed E-state index contributed by atoms with van der Waals surface area (Å²) < 4.78 is 0. The van der Waals surface area contributed by atoms with Crippen molar-refractivity contribution in [1.29, 1.82) is 5.26 Å². The van der Waals surface area contributed by atoms with E-state index in [9.17, 15) is 4.79 Å². The second-order valence-electron chi connectivity index (χ2n) is 4.41. The quantitative estimate of drug-likeness (QED) is 0.791. The Bertz CT molecular complexity index is 451. The average molecular weight is 259 g/mol. The highest BCUT2D eigenvalue weighted by Gasteiger charge is 2.14. The van der Waals surface area contributed by atoms with Crippen LogP contribution in [0.15, 0.2) is 24.3 Å². The fourth-order valence-corrected chi connectivity index (χ4v) is 1.77. The lowest BCUT2D eigenvalue weighted by atomic mass is 10.1. The largest absolute Gasteiger partial charge is 0.384 e. The fraction of sp³-hybridized carbons (Fsp3) is 0.467. The van der Waals surface area contributed by atoms with E-state index < -0.39 is 0 Å². The number of hydrogen-bond donors (Lipinski definition) is 2. The van der Waals surface area contributed by atoms with Gasteiger partial charge in [0.05, 0.1) is 18.1 Å². The highest BCUT2D eigenvalue weighted by molar-refractivity contribution is 5.99. The Kier molecular flexibility index (Phi) is 6.45. The number of rotatable bonds is 7. The molecule has 2 N–H and O–H groups in total. The number of carbonyl (C=O) groups excluding carboxylic acids is 1. The maximum absolute atomic E-state index is 12.2. The first-order chi connectivity index (χ1) is 9.22. The van der Waals surface area contributed by atoms with Crippen LogP contribution in [-0.4, -0.2) is 18.5 Å². The van der Waals surface area contributed by atoms with E-state index in [1.165, 1.54) is 0 Å². The van der Waals surface area contributed by atoms with E-state index >= 15 is 0 Å². The lowest BCUT2D eigenvalue weighted by Gasteiger charge is -2.16. The summed E-state index contributed by atoms with van der Waals surface area (Å²) in [5, 5.41) is 14.8. The Labute approximate surface area is 114 Å². The molecule has 0 saturated heterocycles. The Morgan fingerprint density at radius 2 is 2.11 bits per heavy atom. The second kappa shape index (κ2) is 8.15. The predicted molar refractivity (Wildman–Crippen MR) is 77.0 cm³/mol. The van der Waals surface area contributed by atoms with Crippen molar-refractivity contribution >= 4 is 11.6 Å². The first-order valence-corrected chi connectivity index (χ1v) is 6.73. The SMILES string of the molecule is CCCNc1ccccc1C(=O)NC(CC)CC#N. The van der Waals surface area contributed by atoms with E-state index in [4.69, 9.17) is 5.26 Å². The van der Waals surface area contributed by atoms with Crippen LogP contribution < -0.4 is 10.6 Å². The number of nitrogens with zero attached hydrogens (tertiary/aromatic N) is 1. The molecule has 0 aliphatic rings. The van der Waals surface area contributed by atoms with Gasteiger partial charge in [0, 0.05) is 18.3 Å². The molecule has 0 heterocycles. The van der Waals surface area contributed by atoms with Gasteiger partial charge in [0.15, 0.2) is 0 Å². The van der Waals surface area contributed by atoms with Crippen LogP contribution in [0.4, 0.5) is 5.69 Å². The van der Waals surface area contributed by atoms with E-state index in [0.29, 0.717) is 12.0 Å². The molecule has 0 bridgehead atoms. The van der Waals surface area contributed by atoms with Crippen LogP contribution in [0.3, 0.4) is 0 Å². The molecule has 0 saturated carbocycles. The Morgan fingerprint density at radius 3 is 2.74 bits per heavy atom. The molecule has 0 aromatic heterocycles. The number of hydrogen-bond acceptors (Lipinski definition) is 3. The van der Waals surface area contributed by atoms with Crippen molar-refractivity contribution in [3.05, 3.63) is 29.8 Å². The third-order valence-electron chi connectivity index (χ3n) is 2.90. The van der Waals surface area contributed by atoms with Gasteiger partial charge in [-0.3, -0.25) is 4.79 Å². The predicted octanol–water partition coefficient (Wildman–Crippen LogP) is 2.93. The standard InChI is InChI=1S/C15H21N3O/c1-3-11-17-14-8-6-5-7-13(14)15(19)18-12(4-2)9-10-16/h5-8,12,17H,3-4,9,11H2,1-2H3,(H,18,19). The van der Waals surface area contributed by atoms with Gasteiger partial charge in [-0.2, -0.15) is 5.26 Å². The number of anilines is 1. The third kappa shape index (κ3) is 4.63. The average Bonchev–Trinajstić information content (AvgIpc) is 2.44. The first-order valence-electron chi connectivity index (χ1n) is 6.73. The lowest BCUT2D eigenvalue weighted by molar-refractivity contribution is 0.0937. The maximum atomic E-state index is 12.2. The molecule has 0 spiro atoms. The van der Waals surface area contributed by atoms with Gasteiger partial charge in [-0.1, -0.05) is 26.0 Å². The number of amides is 1. The molecule has 4 heteroatoms. The first kappa shape index (κ1) is 15.0. The van der Waals surface area contributed by atoms with Gasteiger partial charge in [0.2, 0.25) is 0 Å². The number of para-hydroxylation sites is 1. The van der Waals surface area contributed by atoms with Gasteiger partial charge in [0.1, 0.15) is 0 Å². The van der Waals surface area contributed by atoms with E-state index in [-0.39, 0.29) is 11.9 Å². The van der Waals surface area contributed by atoms with E-state index in [0.717, 1.165) is 25.1 Å². The zero-order valence-electron chi connectivity index (χ0n) is 11.6. The van der Waals surface area contributed by atoms with Crippen LogP contribution >= 0.6 is 0 Å². The summed E-state index contributed by atoms with van der Waals surface area (Å²) in [6.45, 7) is 4.87. The summed E-state index contributed by atoms with van der Waals surface area (Å²) in [6, 6.07) is 9.45. The van der Waals surface area contributed by atoms with Crippen LogP contribution in [0.25, 0.3) is 0 Å². The maximum Gasteiger partial charge on any atom is 0.253 e. The minimum Gasteiger partial charge on any atom is -0.384 e. The fourth-order valence-electron chi connectivity index (χ4n) is 1.77. The number of nitrogens with one attached hydrogen (secondary N) is 2. The van der Waals surface area contributed by atoms with Gasteiger partial charge in [-0.15, -0.1) is 0 Å². The summed E-state index contributed by atoms with van der Waals surface area (Å²) in [5.74, 6) is -0.124. The number of nitriles is 1. The van der Waals surface area contributed by atoms with Gasteiger partial charge >= 0.3 is 0 Å². The van der Waals surface area contributed by atoms with Crippen LogP contribution in [0.2, 0.25) is 0 Å². The number of benzene rings is 1. The van der Waals surface area contributed by atoms with Gasteiger partial charge in [-0.05, 0) is 25.0 Å². The number of carbonyl (C=O) groups is 1. The smallest absolute Gasteiger partial charge is 0.253 e. The molecule has 1 aromatic carbocycles. The minimum absolute atomic E-state index is 0.0864. The van der Waals surface area contributed by atoms with Gasteiger partial charge in [0.25, 0.3) is 5.91 Å². The highest BCUT2D eigenvalue weighted by atomic mass is 16.1. The zero-order valence-corrected chi connectivity index (χ0v) is 11.6. The van der Waals surface area contributed by atoms with Crippen molar-refractivity contribution in [2.45, 2.75) is 39.2 Å². The summed E-state index contributed by atoms with van der Waals surface area (Å²) >= 11 is 0. The van der Waals surface area contributed by atoms with Crippen LogP contribution in [0.1, 0.15) is 43.5 Å². The Morgan fingerprint density at radius 1 is 1.37 bits per heavy atom. The van der Waals surface area contributed by atoms with Crippen molar-refractivity contribution in [2.75, 3.05) is 11.9 Å². The topological polar surface area (TPSA) is 64.9 Å².